The van der Waals surface area contributed by atoms with Gasteiger partial charge in [0.2, 0.25) is 0 Å². The van der Waals surface area contributed by atoms with Crippen LogP contribution in [0.4, 0.5) is 5.82 Å². The molecule has 0 N–H and O–H groups in total. The van der Waals surface area contributed by atoms with E-state index in [-0.39, 0.29) is 18.2 Å². The lowest BCUT2D eigenvalue weighted by Gasteiger charge is -2.33. The Hall–Kier alpha value is -1.99. The van der Waals surface area contributed by atoms with Gasteiger partial charge in [-0.05, 0) is 26.0 Å². The molecule has 1 atom stereocenters. The summed E-state index contributed by atoms with van der Waals surface area (Å²) in [7, 11) is 0. The Kier molecular flexibility index (Phi) is 4.88. The molecule has 3 heterocycles. The summed E-state index contributed by atoms with van der Waals surface area (Å²) in [5.41, 5.74) is 0.487. The fraction of sp³-hybridized carbons (Fsp3) is 0.438. The van der Waals surface area contributed by atoms with Crippen molar-refractivity contribution in [2.24, 2.45) is 0 Å². The molecule has 122 valence electrons. The van der Waals surface area contributed by atoms with Crippen LogP contribution >= 0.6 is 11.3 Å². The van der Waals surface area contributed by atoms with E-state index in [2.05, 4.69) is 14.9 Å². The van der Waals surface area contributed by atoms with Gasteiger partial charge in [-0.25, -0.2) is 14.8 Å². The number of hydrogen-bond donors (Lipinski definition) is 0. The van der Waals surface area contributed by atoms with Crippen molar-refractivity contribution in [2.75, 3.05) is 24.6 Å². The van der Waals surface area contributed by atoms with Crippen molar-refractivity contribution in [3.05, 3.63) is 40.5 Å². The summed E-state index contributed by atoms with van der Waals surface area (Å²) in [6.07, 6.45) is 3.20. The Morgan fingerprint density at radius 3 is 3.04 bits per heavy atom. The smallest absolute Gasteiger partial charge is 0.342 e. The highest BCUT2D eigenvalue weighted by atomic mass is 32.1. The normalized spacial score (nSPS) is 18.2. The molecule has 0 aromatic carbocycles. The van der Waals surface area contributed by atoms with Gasteiger partial charge in [0, 0.05) is 24.3 Å². The lowest BCUT2D eigenvalue weighted by molar-refractivity contribution is 0.0356. The predicted molar refractivity (Wildman–Crippen MR) is 87.8 cm³/mol. The summed E-state index contributed by atoms with van der Waals surface area (Å²) in [5, 5.41) is 2.88. The molecular weight excluding hydrogens is 314 g/mol. The molecule has 1 fully saturated rings. The number of esters is 1. The molecule has 0 bridgehead atoms. The number of morpholine rings is 1. The summed E-state index contributed by atoms with van der Waals surface area (Å²) >= 11 is 1.57. The van der Waals surface area contributed by atoms with E-state index in [1.54, 1.807) is 35.9 Å². The first kappa shape index (κ1) is 15.9. The molecule has 1 unspecified atom stereocenters. The van der Waals surface area contributed by atoms with E-state index in [1.165, 1.54) is 0 Å². The van der Waals surface area contributed by atoms with Gasteiger partial charge in [-0.3, -0.25) is 0 Å². The van der Waals surface area contributed by atoms with E-state index in [0.29, 0.717) is 31.1 Å². The van der Waals surface area contributed by atoms with Gasteiger partial charge >= 0.3 is 5.97 Å². The molecule has 1 saturated heterocycles. The zero-order valence-corrected chi connectivity index (χ0v) is 14.0. The van der Waals surface area contributed by atoms with Gasteiger partial charge in [-0.15, -0.1) is 11.3 Å². The molecule has 0 aliphatic carbocycles. The highest BCUT2D eigenvalue weighted by Crippen LogP contribution is 2.28. The third-order valence-corrected chi connectivity index (χ3v) is 4.31. The maximum atomic E-state index is 12.3. The SMILES string of the molecule is CC(C)OC(=O)c1cccnc1N1CCOC(c2nccs2)C1. The van der Waals surface area contributed by atoms with Crippen molar-refractivity contribution in [2.45, 2.75) is 26.1 Å². The number of nitrogens with zero attached hydrogens (tertiary/aromatic N) is 3. The topological polar surface area (TPSA) is 64.5 Å². The quantitative estimate of drug-likeness (QED) is 0.802. The van der Waals surface area contributed by atoms with Crippen LogP contribution in [0.3, 0.4) is 0 Å². The first-order valence-corrected chi connectivity index (χ1v) is 8.45. The number of rotatable bonds is 4. The lowest BCUT2D eigenvalue weighted by Crippen LogP contribution is -2.39. The Balaban J connectivity index is 1.82. The molecule has 0 spiro atoms. The fourth-order valence-electron chi connectivity index (χ4n) is 2.47. The van der Waals surface area contributed by atoms with Crippen LogP contribution in [0.25, 0.3) is 0 Å². The van der Waals surface area contributed by atoms with Crippen molar-refractivity contribution in [1.82, 2.24) is 9.97 Å². The van der Waals surface area contributed by atoms with E-state index in [1.807, 2.05) is 19.2 Å². The molecule has 2 aromatic rings. The minimum absolute atomic E-state index is 0.0975. The number of carbonyl (C=O) groups excluding carboxylic acids is 1. The third kappa shape index (κ3) is 3.68. The lowest BCUT2D eigenvalue weighted by atomic mass is 10.2. The Morgan fingerprint density at radius 1 is 1.43 bits per heavy atom. The Morgan fingerprint density at radius 2 is 2.30 bits per heavy atom. The maximum absolute atomic E-state index is 12.3. The largest absolute Gasteiger partial charge is 0.459 e. The van der Waals surface area contributed by atoms with Gasteiger partial charge in [-0.1, -0.05) is 0 Å². The van der Waals surface area contributed by atoms with Crippen molar-refractivity contribution in [3.63, 3.8) is 0 Å². The number of anilines is 1. The van der Waals surface area contributed by atoms with E-state index in [4.69, 9.17) is 9.47 Å². The minimum Gasteiger partial charge on any atom is -0.459 e. The van der Waals surface area contributed by atoms with E-state index in [9.17, 15) is 4.79 Å². The predicted octanol–water partition coefficient (Wildman–Crippen LogP) is 2.68. The zero-order chi connectivity index (χ0) is 16.2. The van der Waals surface area contributed by atoms with Crippen LogP contribution < -0.4 is 4.90 Å². The molecule has 1 aliphatic rings. The molecule has 23 heavy (non-hydrogen) atoms. The first-order chi connectivity index (χ1) is 11.1. The van der Waals surface area contributed by atoms with E-state index < -0.39 is 0 Å². The van der Waals surface area contributed by atoms with Crippen molar-refractivity contribution >= 4 is 23.1 Å². The summed E-state index contributed by atoms with van der Waals surface area (Å²) < 4.78 is 11.1. The Bertz CT molecular complexity index is 660. The molecule has 0 saturated carbocycles. The molecule has 1 aliphatic heterocycles. The van der Waals surface area contributed by atoms with Crippen molar-refractivity contribution in [1.29, 1.82) is 0 Å². The number of carbonyl (C=O) groups is 1. The van der Waals surface area contributed by atoms with Crippen LogP contribution in [0.1, 0.15) is 35.3 Å². The number of thiazole rings is 1. The molecule has 7 heteroatoms. The summed E-state index contributed by atoms with van der Waals surface area (Å²) in [6.45, 7) is 5.54. The number of ether oxygens (including phenoxy) is 2. The van der Waals surface area contributed by atoms with E-state index in [0.717, 1.165) is 5.01 Å². The summed E-state index contributed by atoms with van der Waals surface area (Å²) in [6, 6.07) is 3.50. The number of aromatic nitrogens is 2. The monoisotopic (exact) mass is 333 g/mol. The van der Waals surface area contributed by atoms with Gasteiger partial charge in [0.1, 0.15) is 22.5 Å². The van der Waals surface area contributed by atoms with Gasteiger partial charge in [-0.2, -0.15) is 0 Å². The van der Waals surface area contributed by atoms with Crippen molar-refractivity contribution in [3.8, 4) is 0 Å². The fourth-order valence-corrected chi connectivity index (χ4v) is 3.15. The van der Waals surface area contributed by atoms with Gasteiger partial charge in [0.15, 0.2) is 0 Å². The average Bonchev–Trinajstić information content (AvgIpc) is 3.09. The third-order valence-electron chi connectivity index (χ3n) is 3.44. The van der Waals surface area contributed by atoms with Crippen LogP contribution in [0, 0.1) is 0 Å². The van der Waals surface area contributed by atoms with Crippen LogP contribution in [0.2, 0.25) is 0 Å². The standard InChI is InChI=1S/C16H19N3O3S/c1-11(2)22-16(20)12-4-3-5-17-14(12)19-7-8-21-13(10-19)15-18-6-9-23-15/h3-6,9,11,13H,7-8,10H2,1-2H3. The van der Waals surface area contributed by atoms with Gasteiger partial charge in [0.25, 0.3) is 0 Å². The second-order valence-corrected chi connectivity index (χ2v) is 6.43. The molecule has 2 aromatic heterocycles. The van der Waals surface area contributed by atoms with E-state index >= 15 is 0 Å². The average molecular weight is 333 g/mol. The zero-order valence-electron chi connectivity index (χ0n) is 13.1. The second-order valence-electron chi connectivity index (χ2n) is 5.50. The van der Waals surface area contributed by atoms with Gasteiger partial charge < -0.3 is 14.4 Å². The molecule has 6 nitrogen and oxygen atoms in total. The summed E-state index contributed by atoms with van der Waals surface area (Å²) in [5.74, 6) is 0.295. The minimum atomic E-state index is -0.347. The van der Waals surface area contributed by atoms with Crippen LogP contribution in [0.5, 0.6) is 0 Å². The maximum Gasteiger partial charge on any atom is 0.342 e. The first-order valence-electron chi connectivity index (χ1n) is 7.57. The molecule has 0 radical (unpaired) electrons. The molecule has 0 amide bonds. The highest BCUT2D eigenvalue weighted by molar-refractivity contribution is 7.09. The number of pyridine rings is 1. The number of hydrogen-bond acceptors (Lipinski definition) is 7. The molecular formula is C16H19N3O3S. The van der Waals surface area contributed by atoms with Crippen molar-refractivity contribution < 1.29 is 14.3 Å². The van der Waals surface area contributed by atoms with Gasteiger partial charge in [0.05, 0.1) is 19.3 Å². The second kappa shape index (κ2) is 7.06. The van der Waals surface area contributed by atoms with Crippen LogP contribution in [0.15, 0.2) is 29.9 Å². The Labute approximate surface area is 139 Å². The van der Waals surface area contributed by atoms with Crippen LogP contribution in [-0.2, 0) is 9.47 Å². The summed E-state index contributed by atoms with van der Waals surface area (Å²) in [4.78, 5) is 23.1. The highest BCUT2D eigenvalue weighted by Gasteiger charge is 2.27. The van der Waals surface area contributed by atoms with Crippen LogP contribution in [-0.4, -0.2) is 41.7 Å². The molecule has 3 rings (SSSR count).